The van der Waals surface area contributed by atoms with Crippen LogP contribution in [0.4, 0.5) is 4.39 Å². The molecule has 0 spiro atoms. The maximum Gasteiger partial charge on any atom is 0.336 e. The zero-order chi connectivity index (χ0) is 12.1. The minimum Gasteiger partial charge on any atom is -0.463 e. The van der Waals surface area contributed by atoms with Crippen LogP contribution in [0.2, 0.25) is 0 Å². The van der Waals surface area contributed by atoms with E-state index in [1.807, 2.05) is 0 Å². The second kappa shape index (κ2) is 5.80. The Morgan fingerprint density at radius 1 is 1.50 bits per heavy atom. The van der Waals surface area contributed by atoms with Crippen LogP contribution < -0.4 is 0 Å². The van der Waals surface area contributed by atoms with E-state index in [9.17, 15) is 9.18 Å². The average molecular weight is 287 g/mol. The molecule has 0 amide bonds. The summed E-state index contributed by atoms with van der Waals surface area (Å²) >= 11 is 3.25. The van der Waals surface area contributed by atoms with Crippen LogP contribution in [0.1, 0.15) is 18.7 Å². The van der Waals surface area contributed by atoms with E-state index in [-0.39, 0.29) is 12.2 Å². The van der Waals surface area contributed by atoms with Gasteiger partial charge in [-0.2, -0.15) is 0 Å². The highest BCUT2D eigenvalue weighted by atomic mass is 79.9. The van der Waals surface area contributed by atoms with Crippen molar-refractivity contribution in [3.8, 4) is 0 Å². The molecule has 0 bridgehead atoms. The zero-order valence-electron chi connectivity index (χ0n) is 8.87. The first-order valence-electron chi connectivity index (χ1n) is 4.81. The molecule has 4 heteroatoms. The first-order valence-corrected chi connectivity index (χ1v) is 5.61. The molecule has 0 aliphatic carbocycles. The van der Waals surface area contributed by atoms with Crippen LogP contribution in [0.15, 0.2) is 40.9 Å². The third-order valence-electron chi connectivity index (χ3n) is 2.01. The Bertz CT molecular complexity index is 387. The molecule has 1 atom stereocenters. The molecule has 2 nitrogen and oxygen atoms in total. The van der Waals surface area contributed by atoms with E-state index < -0.39 is 12.1 Å². The molecule has 0 radical (unpaired) electrons. The van der Waals surface area contributed by atoms with Crippen LogP contribution in [-0.4, -0.2) is 12.6 Å². The maximum absolute atomic E-state index is 13.8. The van der Waals surface area contributed by atoms with Gasteiger partial charge in [-0.05, 0) is 24.6 Å². The minimum absolute atomic E-state index is 0.177. The lowest BCUT2D eigenvalue weighted by Crippen LogP contribution is -2.11. The smallest absolute Gasteiger partial charge is 0.336 e. The van der Waals surface area contributed by atoms with Crippen molar-refractivity contribution in [1.82, 2.24) is 0 Å². The van der Waals surface area contributed by atoms with Crippen molar-refractivity contribution in [3.63, 3.8) is 0 Å². The molecule has 0 saturated carbocycles. The van der Waals surface area contributed by atoms with Gasteiger partial charge in [0.25, 0.3) is 0 Å². The van der Waals surface area contributed by atoms with Crippen molar-refractivity contribution in [2.75, 3.05) is 6.61 Å². The number of benzene rings is 1. The molecule has 1 rings (SSSR count). The number of carbonyl (C=O) groups is 1. The number of alkyl halides is 1. The summed E-state index contributed by atoms with van der Waals surface area (Å²) in [5, 5.41) is 0. The molecule has 0 aliphatic rings. The number of hydrogen-bond acceptors (Lipinski definition) is 2. The molecule has 0 heterocycles. The van der Waals surface area contributed by atoms with Crippen LogP contribution in [0.5, 0.6) is 0 Å². The average Bonchev–Trinajstić information content (AvgIpc) is 2.28. The highest BCUT2D eigenvalue weighted by molar-refractivity contribution is 9.10. The highest BCUT2D eigenvalue weighted by Gasteiger charge is 2.20. The molecule has 0 aromatic heterocycles. The Kier molecular flexibility index (Phi) is 4.68. The van der Waals surface area contributed by atoms with E-state index in [4.69, 9.17) is 0 Å². The molecule has 86 valence electrons. The molecule has 0 N–H and O–H groups in total. The molecule has 0 saturated heterocycles. The first kappa shape index (κ1) is 12.9. The quantitative estimate of drug-likeness (QED) is 0.625. The van der Waals surface area contributed by atoms with Gasteiger partial charge in [0, 0.05) is 4.47 Å². The predicted molar refractivity (Wildman–Crippen MR) is 63.8 cm³/mol. The lowest BCUT2D eigenvalue weighted by atomic mass is 10.0. The largest absolute Gasteiger partial charge is 0.463 e. The number of hydrogen-bond donors (Lipinski definition) is 0. The normalized spacial score (nSPS) is 11.9. The summed E-state index contributed by atoms with van der Waals surface area (Å²) in [6.45, 7) is 5.29. The van der Waals surface area contributed by atoms with Crippen molar-refractivity contribution < 1.29 is 13.9 Å². The topological polar surface area (TPSA) is 26.3 Å². The van der Waals surface area contributed by atoms with E-state index in [0.29, 0.717) is 5.56 Å². The third kappa shape index (κ3) is 3.17. The Balaban J connectivity index is 2.77. The Hall–Kier alpha value is -1.16. The summed E-state index contributed by atoms with van der Waals surface area (Å²) in [5.41, 5.74) is 0.213. The molecule has 0 fully saturated rings. The van der Waals surface area contributed by atoms with Gasteiger partial charge >= 0.3 is 5.97 Å². The zero-order valence-corrected chi connectivity index (χ0v) is 10.5. The lowest BCUT2D eigenvalue weighted by molar-refractivity contribution is -0.139. The van der Waals surface area contributed by atoms with E-state index in [2.05, 4.69) is 27.2 Å². The van der Waals surface area contributed by atoms with Crippen LogP contribution in [0.25, 0.3) is 0 Å². The fourth-order valence-electron chi connectivity index (χ4n) is 1.16. The highest BCUT2D eigenvalue weighted by Crippen LogP contribution is 2.26. The predicted octanol–water partition coefficient (Wildman–Crippen LogP) is 3.58. The van der Waals surface area contributed by atoms with Gasteiger partial charge in [0.15, 0.2) is 6.17 Å². The third-order valence-corrected chi connectivity index (χ3v) is 2.53. The van der Waals surface area contributed by atoms with Gasteiger partial charge in [-0.3, -0.25) is 0 Å². The summed E-state index contributed by atoms with van der Waals surface area (Å²) in [6.07, 6.45) is -1.52. The monoisotopic (exact) mass is 286 g/mol. The Labute approximate surface area is 102 Å². The first-order chi connectivity index (χ1) is 7.56. The number of halogens is 2. The number of rotatable bonds is 4. The molecule has 1 aromatic rings. The van der Waals surface area contributed by atoms with Gasteiger partial charge in [-0.15, -0.1) is 0 Å². The minimum atomic E-state index is -1.52. The summed E-state index contributed by atoms with van der Waals surface area (Å²) in [4.78, 5) is 11.3. The van der Waals surface area contributed by atoms with Crippen molar-refractivity contribution in [1.29, 1.82) is 0 Å². The molecule has 1 unspecified atom stereocenters. The van der Waals surface area contributed by atoms with Crippen LogP contribution in [0.3, 0.4) is 0 Å². The van der Waals surface area contributed by atoms with Gasteiger partial charge in [0.1, 0.15) is 0 Å². The van der Waals surface area contributed by atoms with Crippen molar-refractivity contribution in [3.05, 3.63) is 46.5 Å². The van der Waals surface area contributed by atoms with Crippen molar-refractivity contribution >= 4 is 21.9 Å². The summed E-state index contributed by atoms with van der Waals surface area (Å²) < 4.78 is 19.4. The number of esters is 1. The van der Waals surface area contributed by atoms with Crippen LogP contribution in [0, 0.1) is 0 Å². The van der Waals surface area contributed by atoms with E-state index in [1.54, 1.807) is 31.2 Å². The second-order valence-electron chi connectivity index (χ2n) is 3.16. The lowest BCUT2D eigenvalue weighted by Gasteiger charge is -2.10. The molecule has 0 aliphatic heterocycles. The van der Waals surface area contributed by atoms with E-state index >= 15 is 0 Å². The van der Waals surface area contributed by atoms with E-state index in [0.717, 1.165) is 4.47 Å². The SMILES string of the molecule is C=C(C(=O)OCC)C(F)c1ccc(Br)cc1. The standard InChI is InChI=1S/C12H12BrFO2/c1-3-16-12(15)8(2)11(14)9-4-6-10(13)7-5-9/h4-7,11H,2-3H2,1H3. The van der Waals surface area contributed by atoms with E-state index in [1.165, 1.54) is 0 Å². The van der Waals surface area contributed by atoms with Gasteiger partial charge in [0.2, 0.25) is 0 Å². The number of ether oxygens (including phenoxy) is 1. The van der Waals surface area contributed by atoms with Crippen LogP contribution in [-0.2, 0) is 9.53 Å². The fourth-order valence-corrected chi connectivity index (χ4v) is 1.42. The summed E-state index contributed by atoms with van der Waals surface area (Å²) in [5.74, 6) is -0.696. The summed E-state index contributed by atoms with van der Waals surface area (Å²) in [6, 6.07) is 6.61. The molecule has 16 heavy (non-hydrogen) atoms. The van der Waals surface area contributed by atoms with Crippen LogP contribution >= 0.6 is 15.9 Å². The summed E-state index contributed by atoms with van der Waals surface area (Å²) in [7, 11) is 0. The molecular formula is C12H12BrFO2. The fraction of sp³-hybridized carbons (Fsp3) is 0.250. The molecular weight excluding hydrogens is 275 g/mol. The Morgan fingerprint density at radius 3 is 2.56 bits per heavy atom. The Morgan fingerprint density at radius 2 is 2.06 bits per heavy atom. The van der Waals surface area contributed by atoms with Gasteiger partial charge in [-0.25, -0.2) is 9.18 Å². The van der Waals surface area contributed by atoms with Crippen molar-refractivity contribution in [2.24, 2.45) is 0 Å². The molecule has 1 aromatic carbocycles. The van der Waals surface area contributed by atoms with Gasteiger partial charge < -0.3 is 4.74 Å². The van der Waals surface area contributed by atoms with Gasteiger partial charge in [0.05, 0.1) is 12.2 Å². The van der Waals surface area contributed by atoms with Gasteiger partial charge in [-0.1, -0.05) is 34.6 Å². The number of carbonyl (C=O) groups excluding carboxylic acids is 1. The second-order valence-corrected chi connectivity index (χ2v) is 4.08. The van der Waals surface area contributed by atoms with Crippen molar-refractivity contribution in [2.45, 2.75) is 13.1 Å². The maximum atomic E-state index is 13.8.